The maximum Gasteiger partial charge on any atom is 0.306 e. The Morgan fingerprint density at radius 2 is 1.95 bits per heavy atom. The van der Waals surface area contributed by atoms with Gasteiger partial charge in [-0.15, -0.1) is 0 Å². The first-order valence-electron chi connectivity index (χ1n) is 6.46. The Morgan fingerprint density at radius 1 is 1.30 bits per heavy atom. The first-order chi connectivity index (χ1) is 9.58. The fraction of sp³-hybridized carbons (Fsp3) is 0.429. The van der Waals surface area contributed by atoms with Crippen LogP contribution in [0.3, 0.4) is 0 Å². The highest BCUT2D eigenvalue weighted by atomic mass is 35.5. The van der Waals surface area contributed by atoms with Crippen molar-refractivity contribution in [2.75, 3.05) is 19.7 Å². The lowest BCUT2D eigenvalue weighted by Gasteiger charge is -2.30. The van der Waals surface area contributed by atoms with Crippen LogP contribution in [0.2, 0.25) is 5.02 Å². The van der Waals surface area contributed by atoms with Gasteiger partial charge in [-0.05, 0) is 25.0 Å². The summed E-state index contributed by atoms with van der Waals surface area (Å²) in [5.41, 5.74) is 0. The molecule has 1 aromatic rings. The second kappa shape index (κ2) is 6.61. The molecule has 1 saturated heterocycles. The molecule has 0 atom stereocenters. The van der Waals surface area contributed by atoms with Gasteiger partial charge in [0.05, 0.1) is 10.9 Å². The number of carbonyl (C=O) groups is 2. The maximum absolute atomic E-state index is 12.0. The van der Waals surface area contributed by atoms with E-state index in [1.54, 1.807) is 29.2 Å². The van der Waals surface area contributed by atoms with Crippen LogP contribution in [0.15, 0.2) is 24.3 Å². The van der Waals surface area contributed by atoms with Gasteiger partial charge in [-0.25, -0.2) is 0 Å². The first kappa shape index (κ1) is 14.7. The van der Waals surface area contributed by atoms with E-state index in [4.69, 9.17) is 21.4 Å². The summed E-state index contributed by atoms with van der Waals surface area (Å²) in [6.45, 7) is 0.838. The molecular weight excluding hydrogens is 282 g/mol. The number of rotatable bonds is 4. The van der Waals surface area contributed by atoms with Gasteiger partial charge >= 0.3 is 5.97 Å². The molecule has 1 fully saturated rings. The van der Waals surface area contributed by atoms with E-state index in [-0.39, 0.29) is 18.4 Å². The number of likely N-dealkylation sites (tertiary alicyclic amines) is 1. The Kier molecular flexibility index (Phi) is 4.84. The van der Waals surface area contributed by atoms with E-state index in [1.165, 1.54) is 0 Å². The number of piperidine rings is 1. The summed E-state index contributed by atoms with van der Waals surface area (Å²) < 4.78 is 5.39. The first-order valence-corrected chi connectivity index (χ1v) is 6.83. The molecule has 1 amide bonds. The van der Waals surface area contributed by atoms with Crippen LogP contribution in [0.5, 0.6) is 5.75 Å². The lowest BCUT2D eigenvalue weighted by Crippen LogP contribution is -2.42. The molecule has 1 aliphatic rings. The Balaban J connectivity index is 1.82. The summed E-state index contributed by atoms with van der Waals surface area (Å²) in [6.07, 6.45) is 0.986. The van der Waals surface area contributed by atoms with Gasteiger partial charge in [0.1, 0.15) is 5.75 Å². The fourth-order valence-electron chi connectivity index (χ4n) is 2.17. The van der Waals surface area contributed by atoms with Gasteiger partial charge in [0.2, 0.25) is 0 Å². The molecule has 0 aliphatic carbocycles. The summed E-state index contributed by atoms with van der Waals surface area (Å²) >= 11 is 5.93. The van der Waals surface area contributed by atoms with Crippen LogP contribution < -0.4 is 4.74 Å². The smallest absolute Gasteiger partial charge is 0.306 e. The van der Waals surface area contributed by atoms with Gasteiger partial charge < -0.3 is 14.7 Å². The molecule has 6 heteroatoms. The zero-order valence-electron chi connectivity index (χ0n) is 10.9. The van der Waals surface area contributed by atoms with Crippen LogP contribution in [-0.4, -0.2) is 41.6 Å². The van der Waals surface area contributed by atoms with Gasteiger partial charge in [-0.1, -0.05) is 23.7 Å². The average molecular weight is 298 g/mol. The van der Waals surface area contributed by atoms with Gasteiger partial charge in [-0.3, -0.25) is 9.59 Å². The van der Waals surface area contributed by atoms with Gasteiger partial charge in [-0.2, -0.15) is 0 Å². The number of benzene rings is 1. The highest BCUT2D eigenvalue weighted by Crippen LogP contribution is 2.23. The van der Waals surface area contributed by atoms with Crippen molar-refractivity contribution in [2.45, 2.75) is 12.8 Å². The summed E-state index contributed by atoms with van der Waals surface area (Å²) in [7, 11) is 0. The molecule has 0 saturated carbocycles. The molecule has 1 N–H and O–H groups in total. The van der Waals surface area contributed by atoms with Crippen molar-refractivity contribution in [2.24, 2.45) is 5.92 Å². The van der Waals surface area contributed by atoms with E-state index in [9.17, 15) is 9.59 Å². The molecule has 1 heterocycles. The third kappa shape index (κ3) is 3.63. The van der Waals surface area contributed by atoms with Crippen molar-refractivity contribution in [1.29, 1.82) is 0 Å². The molecule has 1 aliphatic heterocycles. The number of halogens is 1. The fourth-order valence-corrected chi connectivity index (χ4v) is 2.36. The Labute approximate surface area is 122 Å². The van der Waals surface area contributed by atoms with Gasteiger partial charge in [0.25, 0.3) is 5.91 Å². The quantitative estimate of drug-likeness (QED) is 0.923. The lowest BCUT2D eigenvalue weighted by molar-refractivity contribution is -0.146. The number of amides is 1. The summed E-state index contributed by atoms with van der Waals surface area (Å²) in [6, 6.07) is 6.96. The van der Waals surface area contributed by atoms with Crippen LogP contribution in [0.1, 0.15) is 12.8 Å². The third-order valence-electron chi connectivity index (χ3n) is 3.38. The predicted molar refractivity (Wildman–Crippen MR) is 73.9 cm³/mol. The predicted octanol–water partition coefficient (Wildman–Crippen LogP) is 2.04. The van der Waals surface area contributed by atoms with E-state index in [2.05, 4.69) is 0 Å². The van der Waals surface area contributed by atoms with Crippen molar-refractivity contribution in [3.63, 3.8) is 0 Å². The van der Waals surface area contributed by atoms with E-state index < -0.39 is 5.97 Å². The molecular formula is C14H16ClNO4. The topological polar surface area (TPSA) is 66.8 Å². The molecule has 20 heavy (non-hydrogen) atoms. The minimum Gasteiger partial charge on any atom is -0.482 e. The number of para-hydroxylation sites is 1. The molecule has 0 bridgehead atoms. The summed E-state index contributed by atoms with van der Waals surface area (Å²) in [4.78, 5) is 24.4. The zero-order valence-corrected chi connectivity index (χ0v) is 11.7. The lowest BCUT2D eigenvalue weighted by atomic mass is 9.97. The highest BCUT2D eigenvalue weighted by molar-refractivity contribution is 6.32. The van der Waals surface area contributed by atoms with Crippen molar-refractivity contribution < 1.29 is 19.4 Å². The number of carboxylic acids is 1. The second-order valence-corrected chi connectivity index (χ2v) is 5.12. The van der Waals surface area contributed by atoms with Crippen molar-refractivity contribution in [3.8, 4) is 5.75 Å². The van der Waals surface area contributed by atoms with Crippen LogP contribution in [-0.2, 0) is 9.59 Å². The Morgan fingerprint density at radius 3 is 2.55 bits per heavy atom. The second-order valence-electron chi connectivity index (χ2n) is 4.71. The SMILES string of the molecule is O=C(O)C1CCN(C(=O)COc2ccccc2Cl)CC1. The maximum atomic E-state index is 12.0. The monoisotopic (exact) mass is 297 g/mol. The van der Waals surface area contributed by atoms with Crippen LogP contribution in [0.25, 0.3) is 0 Å². The van der Waals surface area contributed by atoms with Gasteiger partial charge in [0, 0.05) is 13.1 Å². The van der Waals surface area contributed by atoms with Crippen molar-refractivity contribution >= 4 is 23.5 Å². The van der Waals surface area contributed by atoms with Crippen LogP contribution >= 0.6 is 11.6 Å². The number of aliphatic carboxylic acids is 1. The van der Waals surface area contributed by atoms with E-state index in [0.29, 0.717) is 36.7 Å². The molecule has 1 aromatic carbocycles. The van der Waals surface area contributed by atoms with Crippen LogP contribution in [0, 0.1) is 5.92 Å². The van der Waals surface area contributed by atoms with E-state index in [1.807, 2.05) is 0 Å². The number of hydrogen-bond donors (Lipinski definition) is 1. The van der Waals surface area contributed by atoms with Crippen LogP contribution in [0.4, 0.5) is 0 Å². The molecule has 108 valence electrons. The molecule has 2 rings (SSSR count). The standard InChI is InChI=1S/C14H16ClNO4/c15-11-3-1-2-4-12(11)20-9-13(17)16-7-5-10(6-8-16)14(18)19/h1-4,10H,5-9H2,(H,18,19). The number of carbonyl (C=O) groups excluding carboxylic acids is 1. The molecule has 0 aromatic heterocycles. The number of hydrogen-bond acceptors (Lipinski definition) is 3. The minimum absolute atomic E-state index is 0.0819. The zero-order chi connectivity index (χ0) is 14.5. The van der Waals surface area contributed by atoms with E-state index in [0.717, 1.165) is 0 Å². The molecule has 0 unspecified atom stereocenters. The number of carboxylic acid groups (broad SMARTS) is 1. The normalized spacial score (nSPS) is 15.9. The molecule has 5 nitrogen and oxygen atoms in total. The Hall–Kier alpha value is -1.75. The summed E-state index contributed by atoms with van der Waals surface area (Å²) in [5.74, 6) is -0.801. The summed E-state index contributed by atoms with van der Waals surface area (Å²) in [5, 5.41) is 9.37. The molecule has 0 spiro atoms. The van der Waals surface area contributed by atoms with Crippen molar-refractivity contribution in [1.82, 2.24) is 4.90 Å². The molecule has 0 radical (unpaired) electrons. The van der Waals surface area contributed by atoms with Crippen molar-refractivity contribution in [3.05, 3.63) is 29.3 Å². The number of nitrogens with zero attached hydrogens (tertiary/aromatic N) is 1. The van der Waals surface area contributed by atoms with E-state index >= 15 is 0 Å². The average Bonchev–Trinajstić information content (AvgIpc) is 2.46. The number of ether oxygens (including phenoxy) is 1. The largest absolute Gasteiger partial charge is 0.482 e. The Bertz CT molecular complexity index is 498. The third-order valence-corrected chi connectivity index (χ3v) is 3.70. The minimum atomic E-state index is -0.788. The van der Waals surface area contributed by atoms with Gasteiger partial charge in [0.15, 0.2) is 6.61 Å². The highest BCUT2D eigenvalue weighted by Gasteiger charge is 2.27.